The number of amides is 1. The predicted octanol–water partition coefficient (Wildman–Crippen LogP) is 4.18. The van der Waals surface area contributed by atoms with Gasteiger partial charge in [-0.15, -0.1) is 0 Å². The predicted molar refractivity (Wildman–Crippen MR) is 99.2 cm³/mol. The standard InChI is InChI=1S/C19H24BrN3O/c1-13-5-4-10-22(11-13)19(24)17-8-6-16(7-9-17)12-23-15(3)18(20)14(2)21-23/h6-9,13H,4-5,10-12H2,1-3H3. The number of hydrogen-bond acceptors (Lipinski definition) is 2. The van der Waals surface area contributed by atoms with Crippen LogP contribution in [0.1, 0.15) is 47.1 Å². The Morgan fingerprint density at radius 2 is 2.00 bits per heavy atom. The van der Waals surface area contributed by atoms with Gasteiger partial charge in [-0.3, -0.25) is 9.48 Å². The fourth-order valence-electron chi connectivity index (χ4n) is 3.31. The average Bonchev–Trinajstić information content (AvgIpc) is 2.82. The van der Waals surface area contributed by atoms with E-state index in [0.29, 0.717) is 12.5 Å². The summed E-state index contributed by atoms with van der Waals surface area (Å²) >= 11 is 3.56. The molecule has 0 aliphatic carbocycles. The number of benzene rings is 1. The molecule has 1 saturated heterocycles. The van der Waals surface area contributed by atoms with Crippen molar-refractivity contribution >= 4 is 21.8 Å². The second-order valence-electron chi connectivity index (χ2n) is 6.84. The Labute approximate surface area is 152 Å². The summed E-state index contributed by atoms with van der Waals surface area (Å²) in [5, 5.41) is 4.54. The van der Waals surface area contributed by atoms with E-state index in [2.05, 4.69) is 34.9 Å². The number of aryl methyl sites for hydroxylation is 1. The van der Waals surface area contributed by atoms with Crippen molar-refractivity contribution in [3.63, 3.8) is 0 Å². The molecule has 2 aromatic rings. The van der Waals surface area contributed by atoms with Gasteiger partial charge in [0.25, 0.3) is 5.91 Å². The van der Waals surface area contributed by atoms with Crippen molar-refractivity contribution in [1.29, 1.82) is 0 Å². The molecule has 4 nitrogen and oxygen atoms in total. The van der Waals surface area contributed by atoms with Crippen LogP contribution in [-0.4, -0.2) is 33.7 Å². The second kappa shape index (κ2) is 7.09. The van der Waals surface area contributed by atoms with Crippen LogP contribution in [-0.2, 0) is 6.54 Å². The van der Waals surface area contributed by atoms with Crippen molar-refractivity contribution in [2.24, 2.45) is 5.92 Å². The van der Waals surface area contributed by atoms with Crippen LogP contribution >= 0.6 is 15.9 Å². The molecule has 1 unspecified atom stereocenters. The molecular weight excluding hydrogens is 366 g/mol. The molecule has 1 aromatic carbocycles. The van der Waals surface area contributed by atoms with Crippen LogP contribution in [0.3, 0.4) is 0 Å². The molecule has 5 heteroatoms. The van der Waals surface area contributed by atoms with Crippen LogP contribution < -0.4 is 0 Å². The van der Waals surface area contributed by atoms with Gasteiger partial charge in [0.2, 0.25) is 0 Å². The van der Waals surface area contributed by atoms with Gasteiger partial charge in [0.05, 0.1) is 22.4 Å². The fraction of sp³-hybridized carbons (Fsp3) is 0.474. The number of rotatable bonds is 3. The Balaban J connectivity index is 1.71. The van der Waals surface area contributed by atoms with Gasteiger partial charge in [-0.25, -0.2) is 0 Å². The van der Waals surface area contributed by atoms with Crippen molar-refractivity contribution in [3.05, 3.63) is 51.3 Å². The minimum Gasteiger partial charge on any atom is -0.338 e. The Morgan fingerprint density at radius 3 is 2.58 bits per heavy atom. The minimum atomic E-state index is 0.155. The van der Waals surface area contributed by atoms with E-state index in [9.17, 15) is 4.79 Å². The lowest BCUT2D eigenvalue weighted by Crippen LogP contribution is -2.39. The van der Waals surface area contributed by atoms with E-state index in [1.54, 1.807) is 0 Å². The summed E-state index contributed by atoms with van der Waals surface area (Å²) < 4.78 is 3.05. The minimum absolute atomic E-state index is 0.155. The Kier molecular flexibility index (Phi) is 5.09. The van der Waals surface area contributed by atoms with E-state index in [0.717, 1.165) is 46.5 Å². The largest absolute Gasteiger partial charge is 0.338 e. The lowest BCUT2D eigenvalue weighted by molar-refractivity contribution is 0.0683. The van der Waals surface area contributed by atoms with Crippen LogP contribution in [0.15, 0.2) is 28.7 Å². The molecule has 0 bridgehead atoms. The molecule has 128 valence electrons. The molecule has 1 atom stereocenters. The SMILES string of the molecule is Cc1nn(Cc2ccc(C(=O)N3CCCC(C)C3)cc2)c(C)c1Br. The Morgan fingerprint density at radius 1 is 1.29 bits per heavy atom. The molecule has 2 heterocycles. The van der Waals surface area contributed by atoms with Gasteiger partial charge in [-0.1, -0.05) is 19.1 Å². The van der Waals surface area contributed by atoms with E-state index >= 15 is 0 Å². The van der Waals surface area contributed by atoms with Crippen molar-refractivity contribution in [2.75, 3.05) is 13.1 Å². The van der Waals surface area contributed by atoms with E-state index in [1.165, 1.54) is 6.42 Å². The Hall–Kier alpha value is -1.62. The van der Waals surface area contributed by atoms with E-state index in [4.69, 9.17) is 0 Å². The van der Waals surface area contributed by atoms with Crippen molar-refractivity contribution < 1.29 is 4.79 Å². The first-order chi connectivity index (χ1) is 11.5. The van der Waals surface area contributed by atoms with Crippen LogP contribution in [0.25, 0.3) is 0 Å². The smallest absolute Gasteiger partial charge is 0.253 e. The molecule has 0 radical (unpaired) electrons. The van der Waals surface area contributed by atoms with Crippen molar-refractivity contribution in [3.8, 4) is 0 Å². The number of nitrogens with zero attached hydrogens (tertiary/aromatic N) is 3. The van der Waals surface area contributed by atoms with Crippen LogP contribution in [0.2, 0.25) is 0 Å². The maximum Gasteiger partial charge on any atom is 0.253 e. The zero-order chi connectivity index (χ0) is 17.3. The van der Waals surface area contributed by atoms with Crippen LogP contribution in [0.4, 0.5) is 0 Å². The summed E-state index contributed by atoms with van der Waals surface area (Å²) in [5.74, 6) is 0.758. The van der Waals surface area contributed by atoms with Crippen LogP contribution in [0.5, 0.6) is 0 Å². The molecule has 0 saturated carbocycles. The quantitative estimate of drug-likeness (QED) is 0.789. The fourth-order valence-corrected chi connectivity index (χ4v) is 3.60. The molecule has 1 aromatic heterocycles. The number of carbonyl (C=O) groups excluding carboxylic acids is 1. The van der Waals surface area contributed by atoms with Crippen molar-refractivity contribution in [2.45, 2.75) is 40.2 Å². The highest BCUT2D eigenvalue weighted by Gasteiger charge is 2.21. The van der Waals surface area contributed by atoms with Gasteiger partial charge in [-0.2, -0.15) is 5.10 Å². The number of halogens is 1. The van der Waals surface area contributed by atoms with Gasteiger partial charge in [0.1, 0.15) is 0 Å². The summed E-state index contributed by atoms with van der Waals surface area (Å²) in [4.78, 5) is 14.6. The molecule has 1 aliphatic rings. The topological polar surface area (TPSA) is 38.1 Å². The zero-order valence-corrected chi connectivity index (χ0v) is 16.1. The highest BCUT2D eigenvalue weighted by molar-refractivity contribution is 9.10. The van der Waals surface area contributed by atoms with Crippen LogP contribution in [0, 0.1) is 19.8 Å². The van der Waals surface area contributed by atoms with E-state index in [-0.39, 0.29) is 5.91 Å². The molecule has 1 aliphatic heterocycles. The monoisotopic (exact) mass is 389 g/mol. The molecular formula is C19H24BrN3O. The summed E-state index contributed by atoms with van der Waals surface area (Å²) in [6, 6.07) is 7.95. The third-order valence-electron chi connectivity index (χ3n) is 4.77. The summed E-state index contributed by atoms with van der Waals surface area (Å²) in [6.07, 6.45) is 2.33. The lowest BCUT2D eigenvalue weighted by atomic mass is 9.99. The van der Waals surface area contributed by atoms with Gasteiger partial charge in [0.15, 0.2) is 0 Å². The summed E-state index contributed by atoms with van der Waals surface area (Å²) in [5.41, 5.74) is 4.05. The number of hydrogen-bond donors (Lipinski definition) is 0. The van der Waals surface area contributed by atoms with Gasteiger partial charge >= 0.3 is 0 Å². The molecule has 0 spiro atoms. The maximum absolute atomic E-state index is 12.6. The average molecular weight is 390 g/mol. The normalized spacial score (nSPS) is 18.0. The molecule has 1 amide bonds. The zero-order valence-electron chi connectivity index (χ0n) is 14.6. The number of carbonyl (C=O) groups is 1. The first kappa shape index (κ1) is 17.2. The number of likely N-dealkylation sites (tertiary alicyclic amines) is 1. The van der Waals surface area contributed by atoms with Gasteiger partial charge in [0, 0.05) is 18.7 Å². The highest BCUT2D eigenvalue weighted by atomic mass is 79.9. The molecule has 0 N–H and O–H groups in total. The third-order valence-corrected chi connectivity index (χ3v) is 5.92. The molecule has 24 heavy (non-hydrogen) atoms. The highest BCUT2D eigenvalue weighted by Crippen LogP contribution is 2.21. The number of piperidine rings is 1. The first-order valence-corrected chi connectivity index (χ1v) is 9.32. The Bertz CT molecular complexity index is 736. The van der Waals surface area contributed by atoms with Gasteiger partial charge < -0.3 is 4.90 Å². The van der Waals surface area contributed by atoms with E-state index in [1.807, 2.05) is 40.8 Å². The first-order valence-electron chi connectivity index (χ1n) is 8.53. The number of aromatic nitrogens is 2. The van der Waals surface area contributed by atoms with Gasteiger partial charge in [-0.05, 0) is 66.2 Å². The molecule has 3 rings (SSSR count). The second-order valence-corrected chi connectivity index (χ2v) is 7.63. The van der Waals surface area contributed by atoms with E-state index < -0.39 is 0 Å². The third kappa shape index (κ3) is 3.56. The summed E-state index contributed by atoms with van der Waals surface area (Å²) in [6.45, 7) is 8.74. The maximum atomic E-state index is 12.6. The molecule has 1 fully saturated rings. The lowest BCUT2D eigenvalue weighted by Gasteiger charge is -2.31. The van der Waals surface area contributed by atoms with Crippen molar-refractivity contribution in [1.82, 2.24) is 14.7 Å². The summed E-state index contributed by atoms with van der Waals surface area (Å²) in [7, 11) is 0.